The summed E-state index contributed by atoms with van der Waals surface area (Å²) in [5.41, 5.74) is 2.48. The Bertz CT molecular complexity index is 788. The molecule has 1 amide bonds. The molecule has 128 valence electrons. The third-order valence-corrected chi connectivity index (χ3v) is 3.18. The van der Waals surface area contributed by atoms with Gasteiger partial charge >= 0.3 is 12.1 Å². The van der Waals surface area contributed by atoms with Crippen molar-refractivity contribution in [3.05, 3.63) is 47.9 Å². The number of imidazole rings is 1. The van der Waals surface area contributed by atoms with Crippen molar-refractivity contribution in [1.82, 2.24) is 14.3 Å². The second kappa shape index (κ2) is 6.73. The number of carboxylic acid groups (broad SMARTS) is 1. The van der Waals surface area contributed by atoms with Crippen molar-refractivity contribution in [2.45, 2.75) is 13.1 Å². The number of hydrogen-bond donors (Lipinski definition) is 1. The summed E-state index contributed by atoms with van der Waals surface area (Å²) < 4.78 is 33.6. The van der Waals surface area contributed by atoms with Gasteiger partial charge in [0, 0.05) is 25.5 Å². The maximum absolute atomic E-state index is 12.1. The second-order valence-corrected chi connectivity index (χ2v) is 5.08. The maximum atomic E-state index is 12.1. The molecule has 3 heterocycles. The number of alkyl halides is 3. The molecule has 0 aliphatic carbocycles. The van der Waals surface area contributed by atoms with E-state index in [4.69, 9.17) is 9.90 Å². The monoisotopic (exact) mass is 341 g/mol. The zero-order valence-corrected chi connectivity index (χ0v) is 12.6. The standard InChI is InChI=1S/C13H13N3O.C2HF3O2/c1-10-4-7-16-9-11(14-12(16)8-10)13(17)15-5-2-3-6-15;3-2(4,5)1(6)7/h2-4,7-9H,5-6H2,1H3;(H,6,7). The summed E-state index contributed by atoms with van der Waals surface area (Å²) >= 11 is 0. The molecule has 0 unspecified atom stereocenters. The molecule has 1 N–H and O–H groups in total. The van der Waals surface area contributed by atoms with E-state index >= 15 is 0 Å². The van der Waals surface area contributed by atoms with E-state index in [1.54, 1.807) is 11.1 Å². The van der Waals surface area contributed by atoms with Crippen molar-refractivity contribution in [2.24, 2.45) is 0 Å². The van der Waals surface area contributed by atoms with Crippen LogP contribution in [0.15, 0.2) is 36.7 Å². The number of aliphatic carboxylic acids is 1. The zero-order chi connectivity index (χ0) is 17.9. The number of carboxylic acids is 1. The van der Waals surface area contributed by atoms with Gasteiger partial charge in [0.15, 0.2) is 0 Å². The van der Waals surface area contributed by atoms with Gasteiger partial charge in [-0.1, -0.05) is 12.2 Å². The fourth-order valence-corrected chi connectivity index (χ4v) is 1.99. The minimum absolute atomic E-state index is 0.00338. The highest BCUT2D eigenvalue weighted by molar-refractivity contribution is 5.93. The van der Waals surface area contributed by atoms with Gasteiger partial charge in [-0.05, 0) is 24.6 Å². The molecule has 0 fully saturated rings. The molecule has 0 saturated carbocycles. The number of hydrogen-bond acceptors (Lipinski definition) is 3. The van der Waals surface area contributed by atoms with Crippen molar-refractivity contribution >= 4 is 17.5 Å². The fraction of sp³-hybridized carbons (Fsp3) is 0.267. The summed E-state index contributed by atoms with van der Waals surface area (Å²) in [4.78, 5) is 27.1. The highest BCUT2D eigenvalue weighted by atomic mass is 19.4. The van der Waals surface area contributed by atoms with Gasteiger partial charge in [-0.3, -0.25) is 4.79 Å². The molecule has 0 saturated heterocycles. The molecule has 2 aromatic rings. The van der Waals surface area contributed by atoms with E-state index in [0.29, 0.717) is 18.8 Å². The molecule has 0 spiro atoms. The number of pyridine rings is 1. The largest absolute Gasteiger partial charge is 0.490 e. The average molecular weight is 341 g/mol. The first-order chi connectivity index (χ1) is 11.2. The van der Waals surface area contributed by atoms with Gasteiger partial charge < -0.3 is 14.4 Å². The van der Waals surface area contributed by atoms with Crippen molar-refractivity contribution in [3.63, 3.8) is 0 Å². The smallest absolute Gasteiger partial charge is 0.475 e. The Morgan fingerprint density at radius 3 is 2.38 bits per heavy atom. The predicted molar refractivity (Wildman–Crippen MR) is 78.7 cm³/mol. The number of aryl methyl sites for hydroxylation is 1. The van der Waals surface area contributed by atoms with Crippen LogP contribution in [0.4, 0.5) is 13.2 Å². The summed E-state index contributed by atoms with van der Waals surface area (Å²) in [5.74, 6) is -2.76. The number of aromatic nitrogens is 2. The van der Waals surface area contributed by atoms with Crippen LogP contribution < -0.4 is 0 Å². The number of nitrogens with zero attached hydrogens (tertiary/aromatic N) is 3. The molecule has 1 aliphatic heterocycles. The topological polar surface area (TPSA) is 74.9 Å². The Kier molecular flexibility index (Phi) is 4.91. The van der Waals surface area contributed by atoms with Gasteiger partial charge in [0.2, 0.25) is 0 Å². The van der Waals surface area contributed by atoms with E-state index in [1.807, 2.05) is 41.8 Å². The van der Waals surface area contributed by atoms with E-state index in [1.165, 1.54) is 0 Å². The zero-order valence-electron chi connectivity index (χ0n) is 12.6. The SMILES string of the molecule is Cc1ccn2cc(C(=O)N3CC=CC3)nc2c1.O=C(O)C(F)(F)F. The Morgan fingerprint density at radius 1 is 1.25 bits per heavy atom. The first kappa shape index (κ1) is 17.5. The van der Waals surface area contributed by atoms with E-state index in [2.05, 4.69) is 4.98 Å². The van der Waals surface area contributed by atoms with Gasteiger partial charge in [-0.2, -0.15) is 13.2 Å². The lowest BCUT2D eigenvalue weighted by Crippen LogP contribution is -2.28. The molecule has 2 aromatic heterocycles. The first-order valence-corrected chi connectivity index (χ1v) is 6.88. The average Bonchev–Trinajstić information content (AvgIpc) is 3.15. The Morgan fingerprint density at radius 2 is 1.83 bits per heavy atom. The minimum atomic E-state index is -5.08. The van der Waals surface area contributed by atoms with Crippen molar-refractivity contribution < 1.29 is 27.9 Å². The fourth-order valence-electron chi connectivity index (χ4n) is 1.99. The van der Waals surface area contributed by atoms with Crippen LogP contribution in [0.5, 0.6) is 0 Å². The van der Waals surface area contributed by atoms with Gasteiger partial charge in [0.25, 0.3) is 5.91 Å². The van der Waals surface area contributed by atoms with Crippen molar-refractivity contribution in [3.8, 4) is 0 Å². The summed E-state index contributed by atoms with van der Waals surface area (Å²) in [6.45, 7) is 3.39. The Hall–Kier alpha value is -2.84. The van der Waals surface area contributed by atoms with Crippen LogP contribution in [0.25, 0.3) is 5.65 Å². The summed E-state index contributed by atoms with van der Waals surface area (Å²) in [6.07, 6.45) is 2.63. The van der Waals surface area contributed by atoms with E-state index in [9.17, 15) is 18.0 Å². The van der Waals surface area contributed by atoms with Gasteiger partial charge in [0.1, 0.15) is 11.3 Å². The number of carbonyl (C=O) groups is 2. The number of rotatable bonds is 1. The maximum Gasteiger partial charge on any atom is 0.490 e. The summed E-state index contributed by atoms with van der Waals surface area (Å²) in [5, 5.41) is 7.12. The molecule has 3 rings (SSSR count). The lowest BCUT2D eigenvalue weighted by atomic mass is 10.3. The second-order valence-electron chi connectivity index (χ2n) is 5.08. The van der Waals surface area contributed by atoms with Crippen LogP contribution in [-0.4, -0.2) is 50.5 Å². The molecular formula is C15H14F3N3O3. The Labute approximate surface area is 134 Å². The number of amides is 1. The molecule has 24 heavy (non-hydrogen) atoms. The van der Waals surface area contributed by atoms with Gasteiger partial charge in [0.05, 0.1) is 0 Å². The normalized spacial score (nSPS) is 13.8. The molecule has 0 bridgehead atoms. The lowest BCUT2D eigenvalue weighted by Gasteiger charge is -2.12. The van der Waals surface area contributed by atoms with Gasteiger partial charge in [-0.15, -0.1) is 0 Å². The van der Waals surface area contributed by atoms with Crippen LogP contribution in [0.2, 0.25) is 0 Å². The van der Waals surface area contributed by atoms with Crippen LogP contribution in [0, 0.1) is 6.92 Å². The van der Waals surface area contributed by atoms with E-state index in [0.717, 1.165) is 11.2 Å². The third kappa shape index (κ3) is 4.12. The van der Waals surface area contributed by atoms with Crippen LogP contribution in [0.3, 0.4) is 0 Å². The lowest BCUT2D eigenvalue weighted by molar-refractivity contribution is -0.192. The van der Waals surface area contributed by atoms with Crippen LogP contribution >= 0.6 is 0 Å². The summed E-state index contributed by atoms with van der Waals surface area (Å²) in [6, 6.07) is 3.97. The highest BCUT2D eigenvalue weighted by Crippen LogP contribution is 2.13. The molecule has 9 heteroatoms. The molecular weight excluding hydrogens is 327 g/mol. The number of halogens is 3. The first-order valence-electron chi connectivity index (χ1n) is 6.88. The predicted octanol–water partition coefficient (Wildman–Crippen LogP) is 2.29. The molecule has 0 atom stereocenters. The van der Waals surface area contributed by atoms with Crippen molar-refractivity contribution in [1.29, 1.82) is 0 Å². The highest BCUT2D eigenvalue weighted by Gasteiger charge is 2.38. The molecule has 0 aromatic carbocycles. The van der Waals surface area contributed by atoms with E-state index in [-0.39, 0.29) is 5.91 Å². The van der Waals surface area contributed by atoms with Crippen LogP contribution in [0.1, 0.15) is 16.1 Å². The quantitative estimate of drug-likeness (QED) is 0.808. The van der Waals surface area contributed by atoms with Gasteiger partial charge in [-0.25, -0.2) is 9.78 Å². The number of carbonyl (C=O) groups excluding carboxylic acids is 1. The number of fused-ring (bicyclic) bond motifs is 1. The van der Waals surface area contributed by atoms with Crippen molar-refractivity contribution in [2.75, 3.05) is 13.1 Å². The molecule has 0 radical (unpaired) electrons. The molecule has 1 aliphatic rings. The minimum Gasteiger partial charge on any atom is -0.475 e. The third-order valence-electron chi connectivity index (χ3n) is 3.18. The van der Waals surface area contributed by atoms with E-state index < -0.39 is 12.1 Å². The van der Waals surface area contributed by atoms with Crippen LogP contribution in [-0.2, 0) is 4.79 Å². The Balaban J connectivity index is 0.000000256. The molecule has 6 nitrogen and oxygen atoms in total. The summed E-state index contributed by atoms with van der Waals surface area (Å²) in [7, 11) is 0.